The van der Waals surface area contributed by atoms with E-state index in [9.17, 15) is 0 Å². The van der Waals surface area contributed by atoms with E-state index in [0.29, 0.717) is 11.0 Å². The third kappa shape index (κ3) is 4.21. The van der Waals surface area contributed by atoms with Gasteiger partial charge in [0, 0.05) is 12.1 Å². The molecule has 0 aromatic rings. The van der Waals surface area contributed by atoms with Gasteiger partial charge in [0.1, 0.15) is 0 Å². The topological polar surface area (TPSA) is 12.5 Å². The number of nitrogens with zero attached hydrogens (tertiary/aromatic N) is 1. The fourth-order valence-corrected chi connectivity index (χ4v) is 3.96. The van der Waals surface area contributed by atoms with Crippen molar-refractivity contribution in [2.24, 2.45) is 11.3 Å². The third-order valence-corrected chi connectivity index (χ3v) is 5.28. The molecule has 2 rings (SSSR count). The second-order valence-electron chi connectivity index (χ2n) is 9.18. The largest absolute Gasteiger partial charge is 0.376 e. The average molecular weight is 281 g/mol. The van der Waals surface area contributed by atoms with Crippen molar-refractivity contribution >= 4 is 0 Å². The van der Waals surface area contributed by atoms with Gasteiger partial charge >= 0.3 is 0 Å². The molecular weight excluding hydrogens is 246 g/mol. The molecule has 1 saturated carbocycles. The molecule has 2 heteroatoms. The first-order valence-electron chi connectivity index (χ1n) is 8.49. The molecule has 0 aromatic carbocycles. The number of piperidine rings is 1. The molecule has 1 aliphatic carbocycles. The molecule has 2 aliphatic rings. The summed E-state index contributed by atoms with van der Waals surface area (Å²) in [6, 6.07) is 0. The summed E-state index contributed by atoms with van der Waals surface area (Å²) in [5.41, 5.74) is 1.08. The van der Waals surface area contributed by atoms with E-state index in [1.54, 1.807) is 0 Å². The zero-order valence-electron chi connectivity index (χ0n) is 14.6. The van der Waals surface area contributed by atoms with Crippen molar-refractivity contribution in [3.8, 4) is 0 Å². The first-order valence-corrected chi connectivity index (χ1v) is 8.49. The van der Waals surface area contributed by atoms with Crippen LogP contribution in [0.15, 0.2) is 0 Å². The lowest BCUT2D eigenvalue weighted by molar-refractivity contribution is -0.0596. The van der Waals surface area contributed by atoms with Crippen LogP contribution in [0, 0.1) is 11.3 Å². The summed E-state index contributed by atoms with van der Waals surface area (Å²) in [7, 11) is 0. The zero-order valence-corrected chi connectivity index (χ0v) is 14.6. The summed E-state index contributed by atoms with van der Waals surface area (Å²) in [5.74, 6) is 0.929. The fraction of sp³-hybridized carbons (Fsp3) is 1.00. The van der Waals surface area contributed by atoms with Crippen molar-refractivity contribution in [3.05, 3.63) is 0 Å². The zero-order chi connectivity index (χ0) is 15.0. The molecule has 20 heavy (non-hydrogen) atoms. The molecule has 1 spiro atoms. The van der Waals surface area contributed by atoms with E-state index < -0.39 is 0 Å². The monoisotopic (exact) mass is 281 g/mol. The quantitative estimate of drug-likeness (QED) is 0.756. The van der Waals surface area contributed by atoms with Crippen LogP contribution < -0.4 is 0 Å². The first-order chi connectivity index (χ1) is 9.10. The summed E-state index contributed by atoms with van der Waals surface area (Å²) < 4.78 is 5.86. The van der Waals surface area contributed by atoms with Crippen molar-refractivity contribution < 1.29 is 4.74 Å². The van der Waals surface area contributed by atoms with Crippen LogP contribution in [0.4, 0.5) is 0 Å². The first kappa shape index (κ1) is 16.3. The molecule has 1 saturated heterocycles. The molecule has 0 radical (unpaired) electrons. The number of hydrogen-bond donors (Lipinski definition) is 0. The fourth-order valence-electron chi connectivity index (χ4n) is 3.96. The molecule has 0 N–H and O–H groups in total. The Bertz CT molecular complexity index is 307. The van der Waals surface area contributed by atoms with Gasteiger partial charge in [0.15, 0.2) is 0 Å². The summed E-state index contributed by atoms with van der Waals surface area (Å²) in [4.78, 5) is 2.66. The number of hydrogen-bond acceptors (Lipinski definition) is 2. The van der Waals surface area contributed by atoms with Crippen molar-refractivity contribution in [3.63, 3.8) is 0 Å². The highest BCUT2D eigenvalue weighted by Crippen LogP contribution is 2.54. The Balaban J connectivity index is 1.67. The standard InChI is InChI=1S/C18H35NO/c1-16(2,3)19-10-8-18(9-11-19)13-15(14-18)7-12-20-17(4,5)6/h15H,7-14H2,1-6H3. The molecule has 0 bridgehead atoms. The van der Waals surface area contributed by atoms with Crippen molar-refractivity contribution in [2.45, 2.75) is 84.8 Å². The lowest BCUT2D eigenvalue weighted by Gasteiger charge is -2.54. The molecule has 2 nitrogen and oxygen atoms in total. The lowest BCUT2D eigenvalue weighted by atomic mass is 9.56. The van der Waals surface area contributed by atoms with E-state index in [4.69, 9.17) is 4.74 Å². The van der Waals surface area contributed by atoms with Gasteiger partial charge < -0.3 is 4.74 Å². The predicted octanol–water partition coefficient (Wildman–Crippen LogP) is 4.48. The van der Waals surface area contributed by atoms with Crippen LogP contribution in [-0.4, -0.2) is 35.7 Å². The van der Waals surface area contributed by atoms with E-state index >= 15 is 0 Å². The number of likely N-dealkylation sites (tertiary alicyclic amines) is 1. The van der Waals surface area contributed by atoms with Gasteiger partial charge in [-0.1, -0.05) is 0 Å². The number of ether oxygens (including phenoxy) is 1. The normalized spacial score (nSPS) is 24.9. The Kier molecular flexibility index (Phi) is 4.57. The summed E-state index contributed by atoms with van der Waals surface area (Å²) in [5, 5.41) is 0. The summed E-state index contributed by atoms with van der Waals surface area (Å²) in [6.07, 6.45) is 7.01. The Hall–Kier alpha value is -0.0800. The van der Waals surface area contributed by atoms with Crippen LogP contribution in [-0.2, 0) is 4.74 Å². The van der Waals surface area contributed by atoms with Crippen LogP contribution >= 0.6 is 0 Å². The van der Waals surface area contributed by atoms with Gasteiger partial charge in [-0.25, -0.2) is 0 Å². The van der Waals surface area contributed by atoms with Gasteiger partial charge in [0.05, 0.1) is 5.60 Å². The highest BCUT2D eigenvalue weighted by Gasteiger charge is 2.46. The molecule has 1 aliphatic heterocycles. The van der Waals surface area contributed by atoms with Crippen LogP contribution in [0.5, 0.6) is 0 Å². The van der Waals surface area contributed by atoms with E-state index in [1.807, 2.05) is 0 Å². The van der Waals surface area contributed by atoms with Crippen molar-refractivity contribution in [1.82, 2.24) is 4.90 Å². The minimum Gasteiger partial charge on any atom is -0.376 e. The molecule has 1 heterocycles. The maximum atomic E-state index is 5.86. The highest BCUT2D eigenvalue weighted by atomic mass is 16.5. The summed E-state index contributed by atoms with van der Waals surface area (Å²) in [6.45, 7) is 17.0. The Labute approximate surface area is 126 Å². The van der Waals surface area contributed by atoms with Gasteiger partial charge in [-0.3, -0.25) is 4.90 Å². The van der Waals surface area contributed by atoms with Crippen LogP contribution in [0.3, 0.4) is 0 Å². The van der Waals surface area contributed by atoms with Crippen molar-refractivity contribution in [2.75, 3.05) is 19.7 Å². The smallest absolute Gasteiger partial charge is 0.0598 e. The van der Waals surface area contributed by atoms with Crippen molar-refractivity contribution in [1.29, 1.82) is 0 Å². The van der Waals surface area contributed by atoms with Gasteiger partial charge in [0.2, 0.25) is 0 Å². The molecule has 0 amide bonds. The second-order valence-corrected chi connectivity index (χ2v) is 9.18. The lowest BCUT2D eigenvalue weighted by Crippen LogP contribution is -2.52. The molecular formula is C18H35NO. The minimum atomic E-state index is 0.0273. The van der Waals surface area contributed by atoms with Crippen LogP contribution in [0.1, 0.15) is 73.6 Å². The van der Waals surface area contributed by atoms with Gasteiger partial charge in [-0.2, -0.15) is 0 Å². The minimum absolute atomic E-state index is 0.0273. The maximum Gasteiger partial charge on any atom is 0.0598 e. The SMILES string of the molecule is CC(C)(C)OCCC1CC2(CCN(C(C)(C)C)CC2)C1. The van der Waals surface area contributed by atoms with E-state index in [1.165, 1.54) is 45.2 Å². The highest BCUT2D eigenvalue weighted by molar-refractivity contribution is 4.98. The maximum absolute atomic E-state index is 5.86. The molecule has 2 fully saturated rings. The Morgan fingerprint density at radius 1 is 1.00 bits per heavy atom. The molecule has 0 aromatic heterocycles. The van der Waals surface area contributed by atoms with E-state index in [-0.39, 0.29) is 5.60 Å². The summed E-state index contributed by atoms with van der Waals surface area (Å²) >= 11 is 0. The Morgan fingerprint density at radius 2 is 1.55 bits per heavy atom. The van der Waals surface area contributed by atoms with E-state index in [0.717, 1.165) is 12.5 Å². The second kappa shape index (κ2) is 5.61. The van der Waals surface area contributed by atoms with Crippen LogP contribution in [0.25, 0.3) is 0 Å². The predicted molar refractivity (Wildman–Crippen MR) is 86.0 cm³/mol. The number of rotatable bonds is 3. The van der Waals surface area contributed by atoms with Gasteiger partial charge in [-0.15, -0.1) is 0 Å². The Morgan fingerprint density at radius 3 is 2.00 bits per heavy atom. The molecule has 0 unspecified atom stereocenters. The third-order valence-electron chi connectivity index (χ3n) is 5.28. The van der Waals surface area contributed by atoms with Gasteiger partial charge in [-0.05, 0) is 98.1 Å². The molecule has 118 valence electrons. The van der Waals surface area contributed by atoms with Crippen LogP contribution in [0.2, 0.25) is 0 Å². The van der Waals surface area contributed by atoms with Gasteiger partial charge in [0.25, 0.3) is 0 Å². The van der Waals surface area contributed by atoms with E-state index in [2.05, 4.69) is 46.4 Å². The average Bonchev–Trinajstić information content (AvgIpc) is 2.24. The molecule has 0 atom stereocenters.